The zero-order valence-electron chi connectivity index (χ0n) is 15.2. The lowest BCUT2D eigenvalue weighted by Crippen LogP contribution is -2.07. The first-order chi connectivity index (χ1) is 11.6. The van der Waals surface area contributed by atoms with Crippen molar-refractivity contribution in [1.82, 2.24) is 0 Å². The van der Waals surface area contributed by atoms with Crippen LogP contribution in [0.4, 0.5) is 0 Å². The second-order valence-corrected chi connectivity index (χ2v) is 5.96. The van der Waals surface area contributed by atoms with Gasteiger partial charge in [-0.15, -0.1) is 0 Å². The zero-order chi connectivity index (χ0) is 18.0. The molecule has 0 fully saturated rings. The predicted octanol–water partition coefficient (Wildman–Crippen LogP) is 4.08. The molecule has 24 heavy (non-hydrogen) atoms. The molecule has 0 saturated carbocycles. The molecule has 2 N–H and O–H groups in total. The lowest BCUT2D eigenvalue weighted by atomic mass is 10.1. The minimum atomic E-state index is -0.656. The van der Waals surface area contributed by atoms with Gasteiger partial charge in [-0.05, 0) is 12.8 Å². The molecule has 0 rings (SSSR count). The molecule has 2 atom stereocenters. The number of hydrogen-bond acceptors (Lipinski definition) is 4. The van der Waals surface area contributed by atoms with Gasteiger partial charge in [0, 0.05) is 6.42 Å². The first-order valence-electron chi connectivity index (χ1n) is 9.04. The van der Waals surface area contributed by atoms with E-state index in [0.29, 0.717) is 6.42 Å². The molecule has 0 aromatic rings. The quantitative estimate of drug-likeness (QED) is 0.284. The van der Waals surface area contributed by atoms with Crippen LogP contribution in [0, 0.1) is 0 Å². The molecule has 0 aliphatic rings. The van der Waals surface area contributed by atoms with Crippen LogP contribution < -0.4 is 0 Å². The molecule has 0 bridgehead atoms. The van der Waals surface area contributed by atoms with Crippen LogP contribution in [0.25, 0.3) is 0 Å². The van der Waals surface area contributed by atoms with Gasteiger partial charge >= 0.3 is 5.97 Å². The molecule has 0 spiro atoms. The molecule has 4 nitrogen and oxygen atoms in total. The van der Waals surface area contributed by atoms with Crippen LogP contribution in [0.1, 0.15) is 64.7 Å². The monoisotopic (exact) mass is 338 g/mol. The average molecular weight is 338 g/mol. The van der Waals surface area contributed by atoms with Crippen LogP contribution in [-0.4, -0.2) is 35.5 Å². The van der Waals surface area contributed by atoms with Gasteiger partial charge in [0.2, 0.25) is 0 Å². The Morgan fingerprint density at radius 2 is 1.42 bits per heavy atom. The van der Waals surface area contributed by atoms with E-state index in [1.807, 2.05) is 12.2 Å². The number of carbonyl (C=O) groups is 1. The fraction of sp³-hybridized carbons (Fsp3) is 0.650. The summed E-state index contributed by atoms with van der Waals surface area (Å²) in [6.07, 6.45) is 18.2. The lowest BCUT2D eigenvalue weighted by Gasteiger charge is -2.04. The summed E-state index contributed by atoms with van der Waals surface area (Å²) in [7, 11) is 1.33. The highest BCUT2D eigenvalue weighted by atomic mass is 16.5. The van der Waals surface area contributed by atoms with Crippen LogP contribution in [0.15, 0.2) is 36.5 Å². The molecule has 138 valence electrons. The third-order valence-corrected chi connectivity index (χ3v) is 3.73. The Labute approximate surface area is 146 Å². The number of ether oxygens (including phenoxy) is 1. The topological polar surface area (TPSA) is 66.8 Å². The van der Waals surface area contributed by atoms with E-state index >= 15 is 0 Å². The first-order valence-corrected chi connectivity index (χ1v) is 9.04. The fourth-order valence-electron chi connectivity index (χ4n) is 2.21. The molecule has 0 aliphatic carbocycles. The molecule has 0 aliphatic heterocycles. The highest BCUT2D eigenvalue weighted by Gasteiger charge is 2.04. The van der Waals surface area contributed by atoms with Crippen molar-refractivity contribution in [2.24, 2.45) is 0 Å². The average Bonchev–Trinajstić information content (AvgIpc) is 2.58. The highest BCUT2D eigenvalue weighted by Crippen LogP contribution is 2.09. The van der Waals surface area contributed by atoms with Gasteiger partial charge in [-0.1, -0.05) is 81.9 Å². The minimum Gasteiger partial charge on any atom is -0.469 e. The Balaban J connectivity index is 3.74. The van der Waals surface area contributed by atoms with Crippen LogP contribution in [-0.2, 0) is 9.53 Å². The van der Waals surface area contributed by atoms with E-state index in [9.17, 15) is 15.0 Å². The van der Waals surface area contributed by atoms with Crippen molar-refractivity contribution in [1.29, 1.82) is 0 Å². The van der Waals surface area contributed by atoms with Crippen LogP contribution >= 0.6 is 0 Å². The molecule has 0 heterocycles. The van der Waals surface area contributed by atoms with E-state index in [0.717, 1.165) is 12.8 Å². The molecule has 0 radical (unpaired) electrons. The van der Waals surface area contributed by atoms with Gasteiger partial charge in [-0.2, -0.15) is 0 Å². The number of unbranched alkanes of at least 4 members (excludes halogenated alkanes) is 5. The Bertz CT molecular complexity index is 385. The van der Waals surface area contributed by atoms with Crippen molar-refractivity contribution in [3.63, 3.8) is 0 Å². The summed E-state index contributed by atoms with van der Waals surface area (Å²) in [6, 6.07) is 0. The van der Waals surface area contributed by atoms with Crippen molar-refractivity contribution in [3.8, 4) is 0 Å². The second kappa shape index (κ2) is 16.5. The van der Waals surface area contributed by atoms with Gasteiger partial charge < -0.3 is 14.9 Å². The summed E-state index contributed by atoms with van der Waals surface area (Å²) in [6.45, 7) is 2.21. The third kappa shape index (κ3) is 15.5. The number of hydrogen-bond donors (Lipinski definition) is 2. The minimum absolute atomic E-state index is 0.205. The molecule has 0 aromatic heterocycles. The first kappa shape index (κ1) is 22.6. The third-order valence-electron chi connectivity index (χ3n) is 3.73. The molecule has 0 saturated heterocycles. The molecule has 4 heteroatoms. The van der Waals surface area contributed by atoms with Crippen molar-refractivity contribution in [3.05, 3.63) is 36.5 Å². The maximum Gasteiger partial charge on any atom is 0.305 e. The normalized spacial score (nSPS) is 14.7. The van der Waals surface area contributed by atoms with E-state index in [4.69, 9.17) is 0 Å². The standard InChI is InChI=1S/C20H34O4/c1-3-4-5-6-7-10-13-18(21)14-11-8-9-12-15-19(22)16-17-20(23)24-2/h8-9,11-12,14-15,18-19,21-22H,3-7,10,13,16-17H2,1-2H3/b9-8-,14-11+,15-12+. The van der Waals surface area contributed by atoms with Gasteiger partial charge in [-0.3, -0.25) is 4.79 Å². The highest BCUT2D eigenvalue weighted by molar-refractivity contribution is 5.69. The largest absolute Gasteiger partial charge is 0.469 e. The van der Waals surface area contributed by atoms with E-state index in [1.165, 1.54) is 39.2 Å². The summed E-state index contributed by atoms with van der Waals surface area (Å²) >= 11 is 0. The fourth-order valence-corrected chi connectivity index (χ4v) is 2.21. The van der Waals surface area contributed by atoms with Crippen LogP contribution in [0.3, 0.4) is 0 Å². The summed E-state index contributed by atoms with van der Waals surface area (Å²) in [4.78, 5) is 10.9. The predicted molar refractivity (Wildman–Crippen MR) is 98.7 cm³/mol. The smallest absolute Gasteiger partial charge is 0.305 e. The Morgan fingerprint density at radius 3 is 2.00 bits per heavy atom. The molecular weight excluding hydrogens is 304 g/mol. The molecule has 2 unspecified atom stereocenters. The zero-order valence-corrected chi connectivity index (χ0v) is 15.2. The number of allylic oxidation sites excluding steroid dienone is 4. The van der Waals surface area contributed by atoms with E-state index in [1.54, 1.807) is 24.3 Å². The summed E-state index contributed by atoms with van der Waals surface area (Å²) < 4.78 is 4.51. The number of rotatable bonds is 14. The summed E-state index contributed by atoms with van der Waals surface area (Å²) in [5.74, 6) is -0.319. The second-order valence-electron chi connectivity index (χ2n) is 5.96. The number of esters is 1. The Kier molecular flexibility index (Phi) is 15.5. The molecule has 0 amide bonds. The van der Waals surface area contributed by atoms with E-state index in [2.05, 4.69) is 11.7 Å². The number of methoxy groups -OCH3 is 1. The summed E-state index contributed by atoms with van der Waals surface area (Å²) in [5, 5.41) is 19.4. The van der Waals surface area contributed by atoms with Gasteiger partial charge in [0.05, 0.1) is 19.3 Å². The van der Waals surface area contributed by atoms with Crippen molar-refractivity contribution in [2.45, 2.75) is 76.9 Å². The van der Waals surface area contributed by atoms with Gasteiger partial charge in [0.15, 0.2) is 0 Å². The molecule has 0 aromatic carbocycles. The van der Waals surface area contributed by atoms with E-state index < -0.39 is 12.2 Å². The SMILES string of the molecule is CCCCCCCCC(O)/C=C/C=C\C=C\C(O)CCC(=O)OC. The maximum absolute atomic E-state index is 10.9. The Morgan fingerprint density at radius 1 is 0.875 bits per heavy atom. The van der Waals surface area contributed by atoms with Gasteiger partial charge in [0.1, 0.15) is 0 Å². The number of aliphatic hydroxyl groups excluding tert-OH is 2. The van der Waals surface area contributed by atoms with Crippen LogP contribution in [0.5, 0.6) is 0 Å². The van der Waals surface area contributed by atoms with Gasteiger partial charge in [0.25, 0.3) is 0 Å². The lowest BCUT2D eigenvalue weighted by molar-refractivity contribution is -0.141. The van der Waals surface area contributed by atoms with Crippen LogP contribution in [0.2, 0.25) is 0 Å². The number of carbonyl (C=O) groups excluding carboxylic acids is 1. The van der Waals surface area contributed by atoms with Gasteiger partial charge in [-0.25, -0.2) is 0 Å². The van der Waals surface area contributed by atoms with Crippen molar-refractivity contribution < 1.29 is 19.7 Å². The van der Waals surface area contributed by atoms with E-state index in [-0.39, 0.29) is 12.4 Å². The summed E-state index contributed by atoms with van der Waals surface area (Å²) in [5.41, 5.74) is 0. The molecular formula is C20H34O4. The number of aliphatic hydroxyl groups is 2. The maximum atomic E-state index is 10.9. The van der Waals surface area contributed by atoms with Crippen molar-refractivity contribution >= 4 is 5.97 Å². The Hall–Kier alpha value is -1.39. The van der Waals surface area contributed by atoms with Crippen molar-refractivity contribution in [2.75, 3.05) is 7.11 Å².